The fourth-order valence-corrected chi connectivity index (χ4v) is 3.08. The minimum Gasteiger partial charge on any atom is -0.497 e. The van der Waals surface area contributed by atoms with E-state index in [0.29, 0.717) is 12.4 Å². The summed E-state index contributed by atoms with van der Waals surface area (Å²) >= 11 is 0. The Labute approximate surface area is 157 Å². The van der Waals surface area contributed by atoms with E-state index in [1.54, 1.807) is 26.2 Å². The number of esters is 1. The maximum Gasteiger partial charge on any atom is 0.334 e. The second-order valence-electron chi connectivity index (χ2n) is 6.90. The average molecular weight is 360 g/mol. The van der Waals surface area contributed by atoms with Crippen LogP contribution < -0.4 is 0 Å². The molecule has 0 radical (unpaired) electrons. The van der Waals surface area contributed by atoms with Crippen LogP contribution >= 0.6 is 0 Å². The van der Waals surface area contributed by atoms with Crippen molar-refractivity contribution in [2.24, 2.45) is 5.41 Å². The van der Waals surface area contributed by atoms with Gasteiger partial charge in [0.25, 0.3) is 0 Å². The van der Waals surface area contributed by atoms with Gasteiger partial charge in [0.15, 0.2) is 0 Å². The molecule has 0 spiro atoms. The van der Waals surface area contributed by atoms with Crippen LogP contribution in [-0.2, 0) is 19.0 Å². The predicted molar refractivity (Wildman–Crippen MR) is 105 cm³/mol. The molecule has 0 saturated carbocycles. The summed E-state index contributed by atoms with van der Waals surface area (Å²) in [5.74, 6) is 0.729. The summed E-state index contributed by atoms with van der Waals surface area (Å²) in [5, 5.41) is 0. The molecule has 0 amide bonds. The summed E-state index contributed by atoms with van der Waals surface area (Å²) in [6.45, 7) is 8.88. The van der Waals surface area contributed by atoms with Crippen molar-refractivity contribution in [3.63, 3.8) is 0 Å². The normalized spacial score (nSPS) is 18.5. The molecule has 0 fully saturated rings. The van der Waals surface area contributed by atoms with E-state index in [0.717, 1.165) is 12.2 Å². The van der Waals surface area contributed by atoms with Gasteiger partial charge in [-0.1, -0.05) is 31.6 Å². The van der Waals surface area contributed by atoms with Crippen LogP contribution in [0.1, 0.15) is 47.0 Å². The summed E-state index contributed by atoms with van der Waals surface area (Å²) < 4.78 is 15.5. The van der Waals surface area contributed by atoms with Crippen molar-refractivity contribution in [1.82, 2.24) is 0 Å². The van der Waals surface area contributed by atoms with Gasteiger partial charge in [0, 0.05) is 0 Å². The van der Waals surface area contributed by atoms with Gasteiger partial charge in [0.05, 0.1) is 26.9 Å². The lowest BCUT2D eigenvalue weighted by atomic mass is 9.72. The Morgan fingerprint density at radius 2 is 1.85 bits per heavy atom. The fourth-order valence-electron chi connectivity index (χ4n) is 3.08. The van der Waals surface area contributed by atoms with Crippen molar-refractivity contribution in [2.75, 3.05) is 20.8 Å². The van der Waals surface area contributed by atoms with E-state index in [2.05, 4.69) is 26.8 Å². The summed E-state index contributed by atoms with van der Waals surface area (Å²) in [4.78, 5) is 11.5. The molecule has 0 saturated heterocycles. The zero-order valence-electron chi connectivity index (χ0n) is 16.9. The Hall–Kier alpha value is -2.23. The Morgan fingerprint density at radius 3 is 2.42 bits per heavy atom. The molecule has 4 nitrogen and oxygen atoms in total. The number of carbonyl (C=O) groups is 1. The molecular formula is C22H32O4. The maximum atomic E-state index is 11.5. The summed E-state index contributed by atoms with van der Waals surface area (Å²) in [5.41, 5.74) is 3.03. The Balaban J connectivity index is 2.89. The van der Waals surface area contributed by atoms with Crippen molar-refractivity contribution >= 4 is 5.97 Å². The lowest BCUT2D eigenvalue weighted by molar-refractivity contribution is -0.137. The van der Waals surface area contributed by atoms with Crippen molar-refractivity contribution in [3.05, 3.63) is 59.1 Å². The molecule has 1 aliphatic carbocycles. The summed E-state index contributed by atoms with van der Waals surface area (Å²) in [7, 11) is 3.15. The smallest absolute Gasteiger partial charge is 0.334 e. The number of hydrogen-bond donors (Lipinski definition) is 0. The first kappa shape index (κ1) is 21.8. The standard InChI is InChI=1S/C22H32O4/c1-7-26-21(23)16-19(25-6)12-8-11-18(24-5)13-14-20-17(2)10-9-15-22(20,3)4/h8,11-14,16H,7,9-10,15H2,1-6H3/b12-8-,14-13+,18-11-,19-16-. The van der Waals surface area contributed by atoms with Crippen LogP contribution in [0.3, 0.4) is 0 Å². The maximum absolute atomic E-state index is 11.5. The van der Waals surface area contributed by atoms with Gasteiger partial charge in [-0.15, -0.1) is 0 Å². The second-order valence-corrected chi connectivity index (χ2v) is 6.90. The molecule has 4 heteroatoms. The molecule has 26 heavy (non-hydrogen) atoms. The molecule has 0 N–H and O–H groups in total. The zero-order valence-corrected chi connectivity index (χ0v) is 16.9. The van der Waals surface area contributed by atoms with Crippen LogP contribution in [0.2, 0.25) is 0 Å². The molecule has 0 bridgehead atoms. The second kappa shape index (κ2) is 10.7. The van der Waals surface area contributed by atoms with Crippen LogP contribution in [-0.4, -0.2) is 26.8 Å². The van der Waals surface area contributed by atoms with Crippen molar-refractivity contribution < 1.29 is 19.0 Å². The van der Waals surface area contributed by atoms with E-state index in [9.17, 15) is 4.79 Å². The minimum absolute atomic E-state index is 0.194. The summed E-state index contributed by atoms with van der Waals surface area (Å²) in [6, 6.07) is 0. The van der Waals surface area contributed by atoms with Gasteiger partial charge in [-0.2, -0.15) is 0 Å². The van der Waals surface area contributed by atoms with Gasteiger partial charge in [-0.05, 0) is 62.3 Å². The highest BCUT2D eigenvalue weighted by atomic mass is 16.5. The third kappa shape index (κ3) is 6.95. The first-order valence-corrected chi connectivity index (χ1v) is 9.07. The van der Waals surface area contributed by atoms with Crippen molar-refractivity contribution in [3.8, 4) is 0 Å². The molecule has 0 aromatic heterocycles. The van der Waals surface area contributed by atoms with Gasteiger partial charge in [0.2, 0.25) is 0 Å². The van der Waals surface area contributed by atoms with E-state index in [1.165, 1.54) is 37.2 Å². The largest absolute Gasteiger partial charge is 0.497 e. The molecule has 0 aromatic rings. The van der Waals surface area contributed by atoms with Gasteiger partial charge >= 0.3 is 5.97 Å². The summed E-state index contributed by atoms with van der Waals surface area (Å²) in [6.07, 6.45) is 14.4. The van der Waals surface area contributed by atoms with Gasteiger partial charge in [-0.25, -0.2) is 4.79 Å². The van der Waals surface area contributed by atoms with Crippen LogP contribution in [0.4, 0.5) is 0 Å². The average Bonchev–Trinajstić information content (AvgIpc) is 2.58. The number of hydrogen-bond acceptors (Lipinski definition) is 4. The van der Waals surface area contributed by atoms with E-state index in [-0.39, 0.29) is 5.41 Å². The highest BCUT2D eigenvalue weighted by Crippen LogP contribution is 2.40. The van der Waals surface area contributed by atoms with E-state index < -0.39 is 5.97 Å². The van der Waals surface area contributed by atoms with Crippen LogP contribution in [0.5, 0.6) is 0 Å². The molecule has 1 aliphatic rings. The molecule has 0 aliphatic heterocycles. The predicted octanol–water partition coefficient (Wildman–Crippen LogP) is 5.25. The zero-order chi connectivity index (χ0) is 19.6. The number of rotatable bonds is 8. The SMILES string of the molecule is CCOC(=O)/C=C(/C=C\C=C(\C=C\C1=C(C)CCCC1(C)C)OC)OC. The molecule has 0 heterocycles. The monoisotopic (exact) mass is 360 g/mol. The number of methoxy groups -OCH3 is 2. The van der Waals surface area contributed by atoms with Crippen LogP contribution in [0.15, 0.2) is 59.1 Å². The lowest BCUT2D eigenvalue weighted by Crippen LogP contribution is -2.19. The first-order chi connectivity index (χ1) is 12.3. The highest BCUT2D eigenvalue weighted by Gasteiger charge is 2.26. The molecule has 1 rings (SSSR count). The number of ether oxygens (including phenoxy) is 3. The lowest BCUT2D eigenvalue weighted by Gasteiger charge is -2.32. The quantitative estimate of drug-likeness (QED) is 0.257. The van der Waals surface area contributed by atoms with E-state index >= 15 is 0 Å². The molecular weight excluding hydrogens is 328 g/mol. The molecule has 0 atom stereocenters. The Kier molecular flexibility index (Phi) is 8.97. The number of allylic oxidation sites excluding steroid dienone is 7. The van der Waals surface area contributed by atoms with E-state index in [4.69, 9.17) is 14.2 Å². The molecule has 144 valence electrons. The van der Waals surface area contributed by atoms with Crippen LogP contribution in [0.25, 0.3) is 0 Å². The van der Waals surface area contributed by atoms with Gasteiger partial charge in [0.1, 0.15) is 11.5 Å². The van der Waals surface area contributed by atoms with E-state index in [1.807, 2.05) is 12.2 Å². The third-order valence-electron chi connectivity index (χ3n) is 4.50. The molecule has 0 unspecified atom stereocenters. The van der Waals surface area contributed by atoms with Crippen LogP contribution in [0, 0.1) is 5.41 Å². The molecule has 0 aromatic carbocycles. The van der Waals surface area contributed by atoms with Crippen molar-refractivity contribution in [2.45, 2.75) is 47.0 Å². The fraction of sp³-hybridized carbons (Fsp3) is 0.500. The number of carbonyl (C=O) groups excluding carboxylic acids is 1. The topological polar surface area (TPSA) is 44.8 Å². The Morgan fingerprint density at radius 1 is 1.15 bits per heavy atom. The Bertz CT molecular complexity index is 631. The van der Waals surface area contributed by atoms with Gasteiger partial charge in [-0.3, -0.25) is 0 Å². The first-order valence-electron chi connectivity index (χ1n) is 9.07. The minimum atomic E-state index is -0.424. The third-order valence-corrected chi connectivity index (χ3v) is 4.50. The highest BCUT2D eigenvalue weighted by molar-refractivity contribution is 5.82. The van der Waals surface area contributed by atoms with Crippen molar-refractivity contribution in [1.29, 1.82) is 0 Å². The van der Waals surface area contributed by atoms with Gasteiger partial charge < -0.3 is 14.2 Å².